The van der Waals surface area contributed by atoms with Gasteiger partial charge in [0.25, 0.3) is 10.0 Å². The minimum absolute atomic E-state index is 0.0140. The number of primary sulfonamides is 1. The fraction of sp³-hybridized carbons (Fsp3) is 0.250. The highest BCUT2D eigenvalue weighted by molar-refractivity contribution is 7.92. The molecule has 0 fully saturated rings. The van der Waals surface area contributed by atoms with Gasteiger partial charge in [0.2, 0.25) is 10.0 Å². The number of ether oxygens (including phenoxy) is 2. The molecule has 26 heavy (non-hydrogen) atoms. The fourth-order valence-corrected chi connectivity index (χ4v) is 3.71. The van der Waals surface area contributed by atoms with Crippen molar-refractivity contribution in [3.05, 3.63) is 42.5 Å². The average Bonchev–Trinajstić information content (AvgIpc) is 2.56. The van der Waals surface area contributed by atoms with Crippen LogP contribution in [0.3, 0.4) is 0 Å². The molecule has 0 saturated heterocycles. The third kappa shape index (κ3) is 4.87. The van der Waals surface area contributed by atoms with Gasteiger partial charge in [-0.1, -0.05) is 0 Å². The molecule has 0 heterocycles. The first-order chi connectivity index (χ1) is 12.2. The smallest absolute Gasteiger partial charge is 0.262 e. The summed E-state index contributed by atoms with van der Waals surface area (Å²) < 4.78 is 60.8. The van der Waals surface area contributed by atoms with Crippen LogP contribution in [0.2, 0.25) is 0 Å². The van der Waals surface area contributed by atoms with E-state index in [1.54, 1.807) is 6.92 Å². The van der Waals surface area contributed by atoms with Gasteiger partial charge in [-0.25, -0.2) is 22.0 Å². The Bertz CT molecular complexity index is 970. The van der Waals surface area contributed by atoms with Crippen LogP contribution in [-0.4, -0.2) is 30.0 Å². The maximum atomic E-state index is 12.6. The van der Waals surface area contributed by atoms with Gasteiger partial charge in [0, 0.05) is 11.8 Å². The molecule has 2 aromatic carbocycles. The van der Waals surface area contributed by atoms with E-state index in [0.717, 1.165) is 0 Å². The summed E-state index contributed by atoms with van der Waals surface area (Å²) in [7, 11) is -7.75. The summed E-state index contributed by atoms with van der Waals surface area (Å²) in [4.78, 5) is -0.125. The van der Waals surface area contributed by atoms with Crippen LogP contribution in [0.4, 0.5) is 5.69 Å². The third-order valence-corrected chi connectivity index (χ3v) is 5.57. The van der Waals surface area contributed by atoms with Gasteiger partial charge in [-0.2, -0.15) is 0 Å². The van der Waals surface area contributed by atoms with E-state index in [2.05, 4.69) is 4.72 Å². The Morgan fingerprint density at radius 2 is 1.38 bits per heavy atom. The monoisotopic (exact) mass is 400 g/mol. The van der Waals surface area contributed by atoms with Crippen LogP contribution >= 0.6 is 0 Å². The molecule has 2 rings (SSSR count). The van der Waals surface area contributed by atoms with Crippen molar-refractivity contribution in [2.24, 2.45) is 5.14 Å². The number of hydrogen-bond donors (Lipinski definition) is 2. The molecule has 0 radical (unpaired) electrons. The zero-order chi connectivity index (χ0) is 19.4. The van der Waals surface area contributed by atoms with Crippen molar-refractivity contribution in [3.63, 3.8) is 0 Å². The molecule has 10 heteroatoms. The Hall–Kier alpha value is -2.30. The van der Waals surface area contributed by atoms with Gasteiger partial charge >= 0.3 is 0 Å². The first-order valence-corrected chi connectivity index (χ1v) is 10.8. The Balaban J connectivity index is 2.31. The molecule has 0 aliphatic heterocycles. The van der Waals surface area contributed by atoms with E-state index in [4.69, 9.17) is 14.6 Å². The molecular formula is C16H20N2O6S2. The summed E-state index contributed by atoms with van der Waals surface area (Å²) in [5.74, 6) is 0.771. The largest absolute Gasteiger partial charge is 0.490 e. The number of benzene rings is 2. The number of nitrogens with one attached hydrogen (secondary N) is 1. The molecule has 142 valence electrons. The minimum Gasteiger partial charge on any atom is -0.490 e. The number of hydrogen-bond acceptors (Lipinski definition) is 6. The molecule has 0 atom stereocenters. The molecule has 0 amide bonds. The summed E-state index contributed by atoms with van der Waals surface area (Å²) in [5.41, 5.74) is 0.198. The fourth-order valence-electron chi connectivity index (χ4n) is 2.13. The Labute approximate surface area is 153 Å². The second kappa shape index (κ2) is 7.94. The topological polar surface area (TPSA) is 125 Å². The molecule has 0 bridgehead atoms. The zero-order valence-electron chi connectivity index (χ0n) is 14.3. The highest BCUT2D eigenvalue weighted by Gasteiger charge is 2.18. The van der Waals surface area contributed by atoms with Crippen molar-refractivity contribution in [2.45, 2.75) is 23.6 Å². The second-order valence-corrected chi connectivity index (χ2v) is 8.39. The van der Waals surface area contributed by atoms with Gasteiger partial charge < -0.3 is 9.47 Å². The molecule has 0 unspecified atom stereocenters. The zero-order valence-corrected chi connectivity index (χ0v) is 15.9. The van der Waals surface area contributed by atoms with E-state index >= 15 is 0 Å². The van der Waals surface area contributed by atoms with E-state index in [-0.39, 0.29) is 15.5 Å². The van der Waals surface area contributed by atoms with Gasteiger partial charge in [-0.15, -0.1) is 0 Å². The molecule has 0 saturated carbocycles. The quantitative estimate of drug-likeness (QED) is 0.697. The Morgan fingerprint density at radius 1 is 0.846 bits per heavy atom. The highest BCUT2D eigenvalue weighted by Crippen LogP contribution is 2.31. The average molecular weight is 400 g/mol. The molecule has 0 aliphatic carbocycles. The molecule has 0 spiro atoms. The van der Waals surface area contributed by atoms with Crippen LogP contribution in [-0.2, 0) is 20.0 Å². The second-order valence-electron chi connectivity index (χ2n) is 5.15. The maximum absolute atomic E-state index is 12.6. The third-order valence-electron chi connectivity index (χ3n) is 3.26. The van der Waals surface area contributed by atoms with Crippen molar-refractivity contribution in [1.82, 2.24) is 0 Å². The standard InChI is InChI=1S/C16H20N2O6S2/c1-3-23-15-10-9-14(11-16(15)24-4-2)26(21,22)18-12-5-7-13(8-6-12)25(17,19)20/h5-11,18H,3-4H2,1-2H3,(H2,17,19,20). The molecule has 8 nitrogen and oxygen atoms in total. The van der Waals surface area contributed by atoms with Crippen molar-refractivity contribution < 1.29 is 26.3 Å². The van der Waals surface area contributed by atoms with Crippen LogP contribution in [0.1, 0.15) is 13.8 Å². The van der Waals surface area contributed by atoms with Crippen LogP contribution in [0, 0.1) is 0 Å². The van der Waals surface area contributed by atoms with Crippen LogP contribution in [0.5, 0.6) is 11.5 Å². The van der Waals surface area contributed by atoms with E-state index in [9.17, 15) is 16.8 Å². The molecular weight excluding hydrogens is 380 g/mol. The lowest BCUT2D eigenvalue weighted by Gasteiger charge is -2.13. The lowest BCUT2D eigenvalue weighted by molar-refractivity contribution is 0.287. The van der Waals surface area contributed by atoms with Crippen molar-refractivity contribution in [1.29, 1.82) is 0 Å². The van der Waals surface area contributed by atoms with Gasteiger partial charge in [-0.05, 0) is 50.2 Å². The summed E-state index contributed by atoms with van der Waals surface area (Å²) in [6.45, 7) is 4.36. The van der Waals surface area contributed by atoms with Gasteiger partial charge in [0.05, 0.1) is 23.0 Å². The molecule has 0 aromatic heterocycles. The van der Waals surface area contributed by atoms with E-state index < -0.39 is 20.0 Å². The van der Waals surface area contributed by atoms with E-state index in [1.165, 1.54) is 42.5 Å². The predicted molar refractivity (Wildman–Crippen MR) is 97.4 cm³/mol. The summed E-state index contributed by atoms with van der Waals surface area (Å²) in [6, 6.07) is 9.36. The van der Waals surface area contributed by atoms with Crippen LogP contribution in [0.15, 0.2) is 52.3 Å². The van der Waals surface area contributed by atoms with Crippen LogP contribution in [0.25, 0.3) is 0 Å². The predicted octanol–water partition coefficient (Wildman–Crippen LogP) is 1.93. The van der Waals surface area contributed by atoms with Gasteiger partial charge in [-0.3, -0.25) is 4.72 Å². The van der Waals surface area contributed by atoms with Crippen molar-refractivity contribution >= 4 is 25.7 Å². The molecule has 0 aliphatic rings. The lowest BCUT2D eigenvalue weighted by Crippen LogP contribution is -2.14. The molecule has 2 aromatic rings. The maximum Gasteiger partial charge on any atom is 0.262 e. The minimum atomic E-state index is -3.90. The van der Waals surface area contributed by atoms with E-state index in [1.807, 2.05) is 6.92 Å². The lowest BCUT2D eigenvalue weighted by atomic mass is 10.3. The summed E-state index contributed by atoms with van der Waals surface area (Å²) in [6.07, 6.45) is 0. The highest BCUT2D eigenvalue weighted by atomic mass is 32.2. The van der Waals surface area contributed by atoms with Crippen molar-refractivity contribution in [2.75, 3.05) is 17.9 Å². The SMILES string of the molecule is CCOc1ccc(S(=O)(=O)Nc2ccc(S(N)(=O)=O)cc2)cc1OCC. The first kappa shape index (κ1) is 20.0. The first-order valence-electron chi connectivity index (χ1n) is 7.72. The molecule has 3 N–H and O–H groups in total. The van der Waals surface area contributed by atoms with Gasteiger partial charge in [0.1, 0.15) is 0 Å². The Kier molecular flexibility index (Phi) is 6.11. The summed E-state index contributed by atoms with van der Waals surface area (Å²) >= 11 is 0. The summed E-state index contributed by atoms with van der Waals surface area (Å²) in [5, 5.41) is 5.02. The van der Waals surface area contributed by atoms with E-state index in [0.29, 0.717) is 24.7 Å². The number of anilines is 1. The number of nitrogens with two attached hydrogens (primary N) is 1. The van der Waals surface area contributed by atoms with Crippen LogP contribution < -0.4 is 19.3 Å². The van der Waals surface area contributed by atoms with Crippen molar-refractivity contribution in [3.8, 4) is 11.5 Å². The van der Waals surface area contributed by atoms with Gasteiger partial charge in [0.15, 0.2) is 11.5 Å². The Morgan fingerprint density at radius 3 is 1.92 bits per heavy atom. The number of rotatable bonds is 8. The normalized spacial score (nSPS) is 11.8. The number of sulfonamides is 2.